The molecule has 1 fully saturated rings. The van der Waals surface area contributed by atoms with Gasteiger partial charge < -0.3 is 5.32 Å². The Balaban J connectivity index is 1.59. The van der Waals surface area contributed by atoms with Gasteiger partial charge in [0.2, 0.25) is 5.91 Å². The van der Waals surface area contributed by atoms with Gasteiger partial charge in [-0.1, -0.05) is 48.7 Å². The first kappa shape index (κ1) is 16.7. The average molecular weight is 322 g/mol. The van der Waals surface area contributed by atoms with Crippen LogP contribution < -0.4 is 5.32 Å². The van der Waals surface area contributed by atoms with Crippen LogP contribution in [0.3, 0.4) is 0 Å². The predicted molar refractivity (Wildman–Crippen MR) is 96.9 cm³/mol. The van der Waals surface area contributed by atoms with Crippen LogP contribution in [0.25, 0.3) is 0 Å². The maximum atomic E-state index is 12.3. The van der Waals surface area contributed by atoms with Gasteiger partial charge >= 0.3 is 0 Å². The fourth-order valence-corrected chi connectivity index (χ4v) is 3.74. The molecule has 0 spiro atoms. The Morgan fingerprint density at radius 3 is 2.71 bits per heavy atom. The van der Waals surface area contributed by atoms with Crippen molar-refractivity contribution < 1.29 is 4.79 Å². The molecule has 0 unspecified atom stereocenters. The molecule has 0 radical (unpaired) electrons. The molecule has 1 amide bonds. The lowest BCUT2D eigenvalue weighted by Crippen LogP contribution is -2.39. The van der Waals surface area contributed by atoms with Crippen LogP contribution in [0.2, 0.25) is 0 Å². The molecular weight excluding hydrogens is 296 g/mol. The summed E-state index contributed by atoms with van der Waals surface area (Å²) in [6.07, 6.45) is 7.80. The third-order valence-electron chi connectivity index (χ3n) is 5.15. The van der Waals surface area contributed by atoms with E-state index in [4.69, 9.17) is 0 Å². The van der Waals surface area contributed by atoms with Gasteiger partial charge in [0.05, 0.1) is 0 Å². The molecule has 0 bridgehead atoms. The topological polar surface area (TPSA) is 42.0 Å². The van der Waals surface area contributed by atoms with E-state index in [1.165, 1.54) is 24.0 Å². The highest BCUT2D eigenvalue weighted by Crippen LogP contribution is 2.40. The fraction of sp³-hybridized carbons (Fsp3) is 0.429. The van der Waals surface area contributed by atoms with Gasteiger partial charge in [-0.05, 0) is 43.9 Å². The molecule has 3 heteroatoms. The lowest BCUT2D eigenvalue weighted by molar-refractivity contribution is -0.121. The molecule has 1 aliphatic rings. The van der Waals surface area contributed by atoms with Gasteiger partial charge in [0.25, 0.3) is 0 Å². The number of hydrogen-bond acceptors (Lipinski definition) is 2. The summed E-state index contributed by atoms with van der Waals surface area (Å²) < 4.78 is 0. The number of pyridine rings is 1. The smallest absolute Gasteiger partial charge is 0.220 e. The van der Waals surface area contributed by atoms with Crippen molar-refractivity contribution in [3.63, 3.8) is 0 Å². The van der Waals surface area contributed by atoms with E-state index in [0.29, 0.717) is 12.8 Å². The third kappa shape index (κ3) is 4.02. The number of hydrogen-bond donors (Lipinski definition) is 1. The van der Waals surface area contributed by atoms with Crippen LogP contribution in [0.15, 0.2) is 48.7 Å². The number of benzene rings is 1. The van der Waals surface area contributed by atoms with Crippen molar-refractivity contribution in [2.45, 2.75) is 50.9 Å². The molecule has 1 aromatic carbocycles. The number of carbonyl (C=O) groups excluding carboxylic acids is 1. The second-order valence-corrected chi connectivity index (χ2v) is 6.95. The monoisotopic (exact) mass is 322 g/mol. The first-order valence-corrected chi connectivity index (χ1v) is 8.92. The number of aromatic nitrogens is 1. The molecule has 1 N–H and O–H groups in total. The van der Waals surface area contributed by atoms with Crippen molar-refractivity contribution in [3.05, 3.63) is 65.5 Å². The van der Waals surface area contributed by atoms with E-state index in [1.54, 1.807) is 6.20 Å². The van der Waals surface area contributed by atoms with Crippen molar-refractivity contribution in [3.8, 4) is 0 Å². The molecule has 3 rings (SSSR count). The normalized spacial score (nSPS) is 16.0. The van der Waals surface area contributed by atoms with Crippen LogP contribution in [-0.2, 0) is 16.6 Å². The SMILES string of the molecule is Cc1cccc(C2(CNC(=O)CCc3ccccn3)CCCC2)c1. The minimum atomic E-state index is 0.118. The van der Waals surface area contributed by atoms with Crippen LogP contribution in [0.1, 0.15) is 48.9 Å². The Morgan fingerprint density at radius 2 is 2.00 bits per heavy atom. The summed E-state index contributed by atoms with van der Waals surface area (Å²) in [6.45, 7) is 2.88. The van der Waals surface area contributed by atoms with Crippen LogP contribution >= 0.6 is 0 Å². The summed E-state index contributed by atoms with van der Waals surface area (Å²) in [5.41, 5.74) is 3.76. The van der Waals surface area contributed by atoms with E-state index in [9.17, 15) is 4.79 Å². The fourth-order valence-electron chi connectivity index (χ4n) is 3.74. The van der Waals surface area contributed by atoms with Gasteiger partial charge in [-0.2, -0.15) is 0 Å². The molecule has 1 aliphatic carbocycles. The number of nitrogens with one attached hydrogen (secondary N) is 1. The lowest BCUT2D eigenvalue weighted by atomic mass is 9.78. The Bertz CT molecular complexity index is 675. The maximum Gasteiger partial charge on any atom is 0.220 e. The molecule has 24 heavy (non-hydrogen) atoms. The van der Waals surface area contributed by atoms with Crippen LogP contribution in [0, 0.1) is 6.92 Å². The van der Waals surface area contributed by atoms with Crippen molar-refractivity contribution in [2.24, 2.45) is 0 Å². The minimum absolute atomic E-state index is 0.118. The third-order valence-corrected chi connectivity index (χ3v) is 5.15. The average Bonchev–Trinajstić information content (AvgIpc) is 3.09. The molecule has 3 nitrogen and oxygen atoms in total. The van der Waals surface area contributed by atoms with Crippen LogP contribution in [0.5, 0.6) is 0 Å². The van der Waals surface area contributed by atoms with E-state index >= 15 is 0 Å². The first-order chi connectivity index (χ1) is 11.7. The summed E-state index contributed by atoms with van der Waals surface area (Å²) in [6, 6.07) is 14.6. The number of aryl methyl sites for hydroxylation is 2. The summed E-state index contributed by atoms with van der Waals surface area (Å²) in [4.78, 5) is 16.6. The van der Waals surface area contributed by atoms with Gasteiger partial charge in [-0.3, -0.25) is 9.78 Å². The van der Waals surface area contributed by atoms with Crippen molar-refractivity contribution in [1.29, 1.82) is 0 Å². The zero-order valence-electron chi connectivity index (χ0n) is 14.4. The molecule has 1 heterocycles. The molecule has 1 saturated carbocycles. The van der Waals surface area contributed by atoms with Crippen molar-refractivity contribution >= 4 is 5.91 Å². The second-order valence-electron chi connectivity index (χ2n) is 6.95. The van der Waals surface area contributed by atoms with E-state index in [2.05, 4.69) is 41.5 Å². The first-order valence-electron chi connectivity index (χ1n) is 8.92. The number of carbonyl (C=O) groups is 1. The quantitative estimate of drug-likeness (QED) is 0.875. The molecule has 2 aromatic rings. The van der Waals surface area contributed by atoms with Gasteiger partial charge in [-0.15, -0.1) is 0 Å². The molecular formula is C21H26N2O. The van der Waals surface area contributed by atoms with Crippen molar-refractivity contribution in [2.75, 3.05) is 6.54 Å². The highest BCUT2D eigenvalue weighted by Gasteiger charge is 2.35. The molecule has 126 valence electrons. The van der Waals surface area contributed by atoms with Crippen LogP contribution in [0.4, 0.5) is 0 Å². The Hall–Kier alpha value is -2.16. The zero-order valence-corrected chi connectivity index (χ0v) is 14.4. The zero-order chi connectivity index (χ0) is 16.8. The standard InChI is InChI=1S/C21H26N2O/c1-17-7-6-8-18(15-17)21(12-3-4-13-21)16-23-20(24)11-10-19-9-2-5-14-22-19/h2,5-9,14-15H,3-4,10-13,16H2,1H3,(H,23,24). The minimum Gasteiger partial charge on any atom is -0.355 e. The summed E-state index contributed by atoms with van der Waals surface area (Å²) >= 11 is 0. The second kappa shape index (κ2) is 7.61. The summed E-state index contributed by atoms with van der Waals surface area (Å²) in [7, 11) is 0. The number of rotatable bonds is 6. The molecule has 0 aliphatic heterocycles. The van der Waals surface area contributed by atoms with Gasteiger partial charge in [0.1, 0.15) is 0 Å². The molecule has 1 aromatic heterocycles. The van der Waals surface area contributed by atoms with E-state index < -0.39 is 0 Å². The van der Waals surface area contributed by atoms with E-state index in [1.807, 2.05) is 18.2 Å². The largest absolute Gasteiger partial charge is 0.355 e. The van der Waals surface area contributed by atoms with Crippen LogP contribution in [-0.4, -0.2) is 17.4 Å². The van der Waals surface area contributed by atoms with Gasteiger partial charge in [-0.25, -0.2) is 0 Å². The van der Waals surface area contributed by atoms with Gasteiger partial charge in [0, 0.05) is 30.3 Å². The Kier molecular flexibility index (Phi) is 5.29. The predicted octanol–water partition coefficient (Wildman–Crippen LogP) is 3.95. The van der Waals surface area contributed by atoms with Crippen molar-refractivity contribution in [1.82, 2.24) is 10.3 Å². The number of amides is 1. The molecule has 0 saturated heterocycles. The van der Waals surface area contributed by atoms with E-state index in [0.717, 1.165) is 25.1 Å². The summed E-state index contributed by atoms with van der Waals surface area (Å²) in [5.74, 6) is 0.125. The van der Waals surface area contributed by atoms with E-state index in [-0.39, 0.29) is 11.3 Å². The highest BCUT2D eigenvalue weighted by molar-refractivity contribution is 5.76. The summed E-state index contributed by atoms with van der Waals surface area (Å²) in [5, 5.41) is 3.19. The number of nitrogens with zero attached hydrogens (tertiary/aromatic N) is 1. The maximum absolute atomic E-state index is 12.3. The highest BCUT2D eigenvalue weighted by atomic mass is 16.1. The van der Waals surface area contributed by atoms with Gasteiger partial charge in [0.15, 0.2) is 0 Å². The Morgan fingerprint density at radius 1 is 1.17 bits per heavy atom. The lowest BCUT2D eigenvalue weighted by Gasteiger charge is -2.30. The Labute approximate surface area is 144 Å². The molecule has 0 atom stereocenters.